The normalized spacial score (nSPS) is 30.8. The lowest BCUT2D eigenvalue weighted by atomic mass is 9.92. The molecule has 5 nitrogen and oxygen atoms in total. The number of likely N-dealkylation sites (tertiary alicyclic amines) is 1. The second kappa shape index (κ2) is 3.80. The molecule has 0 amide bonds. The van der Waals surface area contributed by atoms with Crippen LogP contribution in [0.25, 0.3) is 0 Å². The number of hydrogen-bond acceptors (Lipinski definition) is 4. The first-order chi connectivity index (χ1) is 6.79. The third-order valence-electron chi connectivity index (χ3n) is 2.81. The third-order valence-corrected chi connectivity index (χ3v) is 2.81. The molecule has 2 unspecified atom stereocenters. The van der Waals surface area contributed by atoms with Gasteiger partial charge in [0.2, 0.25) is 0 Å². The van der Waals surface area contributed by atoms with E-state index >= 15 is 0 Å². The molecule has 1 saturated heterocycles. The van der Waals surface area contributed by atoms with Gasteiger partial charge in [0, 0.05) is 13.1 Å². The fourth-order valence-corrected chi connectivity index (χ4v) is 1.79. The minimum atomic E-state index is -1.74. The molecule has 0 aliphatic carbocycles. The van der Waals surface area contributed by atoms with Crippen LogP contribution in [0, 0.1) is 16.7 Å². The maximum absolute atomic E-state index is 10.7. The predicted octanol–water partition coefficient (Wildman–Crippen LogP) is 0.0576. The van der Waals surface area contributed by atoms with Crippen molar-refractivity contribution in [1.82, 2.24) is 4.90 Å². The number of hydrogen-bond donors (Lipinski definition) is 2. The Balaban J connectivity index is 2.58. The van der Waals surface area contributed by atoms with E-state index in [1.165, 1.54) is 6.92 Å². The van der Waals surface area contributed by atoms with E-state index in [1.54, 1.807) is 0 Å². The van der Waals surface area contributed by atoms with E-state index in [0.29, 0.717) is 13.1 Å². The van der Waals surface area contributed by atoms with Gasteiger partial charge in [0.15, 0.2) is 5.60 Å². The van der Waals surface area contributed by atoms with Gasteiger partial charge in [-0.15, -0.1) is 0 Å². The molecule has 84 valence electrons. The largest absolute Gasteiger partial charge is 0.479 e. The van der Waals surface area contributed by atoms with Gasteiger partial charge < -0.3 is 10.2 Å². The molecule has 5 heteroatoms. The lowest BCUT2D eigenvalue weighted by molar-refractivity contribution is -0.158. The molecule has 0 aromatic carbocycles. The van der Waals surface area contributed by atoms with Crippen molar-refractivity contribution in [2.24, 2.45) is 5.41 Å². The van der Waals surface area contributed by atoms with Gasteiger partial charge in [-0.25, -0.2) is 4.79 Å². The summed E-state index contributed by atoms with van der Waals surface area (Å²) in [7, 11) is 0. The van der Waals surface area contributed by atoms with Gasteiger partial charge in [-0.05, 0) is 26.8 Å². The van der Waals surface area contributed by atoms with Crippen molar-refractivity contribution < 1.29 is 15.0 Å². The predicted molar refractivity (Wildman–Crippen MR) is 53.0 cm³/mol. The summed E-state index contributed by atoms with van der Waals surface area (Å²) in [5.74, 6) is -1.23. The van der Waals surface area contributed by atoms with Gasteiger partial charge in [-0.1, -0.05) is 0 Å². The summed E-state index contributed by atoms with van der Waals surface area (Å²) in [6, 6.07) is 2.21. The van der Waals surface area contributed by atoms with Gasteiger partial charge in [0.1, 0.15) is 0 Å². The Kier molecular flexibility index (Phi) is 3.03. The van der Waals surface area contributed by atoms with Crippen LogP contribution in [0.4, 0.5) is 0 Å². The van der Waals surface area contributed by atoms with Crippen LogP contribution >= 0.6 is 0 Å². The molecular formula is C10H16N2O3. The molecule has 0 bridgehead atoms. The van der Waals surface area contributed by atoms with Crippen LogP contribution in [0.5, 0.6) is 0 Å². The van der Waals surface area contributed by atoms with Crippen molar-refractivity contribution in [3.05, 3.63) is 0 Å². The van der Waals surface area contributed by atoms with Gasteiger partial charge in [0.25, 0.3) is 0 Å². The third kappa shape index (κ3) is 2.67. The highest BCUT2D eigenvalue weighted by Crippen LogP contribution is 2.29. The minimum absolute atomic E-state index is 0.0691. The van der Waals surface area contributed by atoms with Crippen molar-refractivity contribution in [2.45, 2.75) is 25.9 Å². The number of nitrogens with zero attached hydrogens (tertiary/aromatic N) is 2. The zero-order valence-electron chi connectivity index (χ0n) is 9.03. The lowest BCUT2D eigenvalue weighted by Crippen LogP contribution is -2.46. The minimum Gasteiger partial charge on any atom is -0.479 e. The van der Waals surface area contributed by atoms with E-state index in [2.05, 4.69) is 6.07 Å². The quantitative estimate of drug-likeness (QED) is 0.691. The fraction of sp³-hybridized carbons (Fsp3) is 0.800. The van der Waals surface area contributed by atoms with E-state index in [0.717, 1.165) is 6.42 Å². The number of β-amino-alcohol motifs (C(OH)–C–C–N with tert-alkyl or cyclic N) is 1. The highest BCUT2D eigenvalue weighted by atomic mass is 16.4. The molecular weight excluding hydrogens is 196 g/mol. The van der Waals surface area contributed by atoms with Gasteiger partial charge in [-0.3, -0.25) is 4.90 Å². The van der Waals surface area contributed by atoms with E-state index in [-0.39, 0.29) is 6.54 Å². The summed E-state index contributed by atoms with van der Waals surface area (Å²) in [5, 5.41) is 27.2. The zero-order valence-corrected chi connectivity index (χ0v) is 9.03. The van der Waals surface area contributed by atoms with E-state index < -0.39 is 17.0 Å². The number of carbonyl (C=O) groups is 1. The Morgan fingerprint density at radius 1 is 1.73 bits per heavy atom. The molecule has 1 aliphatic rings. The number of carboxylic acid groups (broad SMARTS) is 1. The second-order valence-electron chi connectivity index (χ2n) is 4.71. The molecule has 0 aromatic heterocycles. The van der Waals surface area contributed by atoms with Crippen molar-refractivity contribution >= 4 is 5.97 Å². The standard InChI is InChI=1S/C10H16N2O3/c1-9(5-11)3-4-12(6-9)7-10(2,15)8(13)14/h15H,3-4,6-7H2,1-2H3,(H,13,14). The molecule has 2 N–H and O–H groups in total. The summed E-state index contributed by atoms with van der Waals surface area (Å²) in [4.78, 5) is 12.5. The van der Waals surface area contributed by atoms with Crippen LogP contribution in [0.1, 0.15) is 20.3 Å². The van der Waals surface area contributed by atoms with Gasteiger partial charge in [-0.2, -0.15) is 5.26 Å². The Hall–Kier alpha value is -1.12. The van der Waals surface area contributed by atoms with E-state index in [1.807, 2.05) is 11.8 Å². The highest BCUT2D eigenvalue weighted by molar-refractivity contribution is 5.76. The first-order valence-corrected chi connectivity index (χ1v) is 4.88. The second-order valence-corrected chi connectivity index (χ2v) is 4.71. The van der Waals surface area contributed by atoms with Crippen LogP contribution in [0.3, 0.4) is 0 Å². The number of aliphatic carboxylic acids is 1. The summed E-state index contributed by atoms with van der Waals surface area (Å²) in [5.41, 5.74) is -2.14. The molecule has 0 spiro atoms. The van der Waals surface area contributed by atoms with Crippen molar-refractivity contribution in [3.63, 3.8) is 0 Å². The van der Waals surface area contributed by atoms with Crippen LogP contribution < -0.4 is 0 Å². The Morgan fingerprint density at radius 2 is 2.33 bits per heavy atom. The molecule has 0 aromatic rings. The Labute approximate surface area is 88.9 Å². The molecule has 15 heavy (non-hydrogen) atoms. The average molecular weight is 212 g/mol. The molecule has 2 atom stereocenters. The monoisotopic (exact) mass is 212 g/mol. The summed E-state index contributed by atoms with van der Waals surface area (Å²) in [6.07, 6.45) is 0.721. The molecule has 1 rings (SSSR count). The maximum Gasteiger partial charge on any atom is 0.336 e. The average Bonchev–Trinajstić information content (AvgIpc) is 2.47. The van der Waals surface area contributed by atoms with Gasteiger partial charge >= 0.3 is 5.97 Å². The first kappa shape index (κ1) is 12.0. The van der Waals surface area contributed by atoms with Crippen LogP contribution in [-0.2, 0) is 4.79 Å². The maximum atomic E-state index is 10.7. The van der Waals surface area contributed by atoms with E-state index in [9.17, 15) is 9.90 Å². The number of nitriles is 1. The summed E-state index contributed by atoms with van der Waals surface area (Å²) in [6.45, 7) is 4.37. The molecule has 1 fully saturated rings. The van der Waals surface area contributed by atoms with Crippen LogP contribution in [0.2, 0.25) is 0 Å². The summed E-state index contributed by atoms with van der Waals surface area (Å²) >= 11 is 0. The summed E-state index contributed by atoms with van der Waals surface area (Å²) < 4.78 is 0. The zero-order chi connectivity index (χ0) is 11.7. The lowest BCUT2D eigenvalue weighted by Gasteiger charge is -2.25. The molecule has 1 heterocycles. The van der Waals surface area contributed by atoms with Crippen LogP contribution in [0.15, 0.2) is 0 Å². The molecule has 0 saturated carbocycles. The number of aliphatic hydroxyl groups is 1. The van der Waals surface area contributed by atoms with E-state index in [4.69, 9.17) is 10.4 Å². The smallest absolute Gasteiger partial charge is 0.336 e. The fourth-order valence-electron chi connectivity index (χ4n) is 1.79. The SMILES string of the molecule is CC1(C#N)CCN(CC(C)(O)C(=O)O)C1. The topological polar surface area (TPSA) is 84.6 Å². The van der Waals surface area contributed by atoms with Crippen molar-refractivity contribution in [2.75, 3.05) is 19.6 Å². The van der Waals surface area contributed by atoms with Crippen molar-refractivity contribution in [3.8, 4) is 6.07 Å². The van der Waals surface area contributed by atoms with Crippen LogP contribution in [-0.4, -0.2) is 46.3 Å². The Morgan fingerprint density at radius 3 is 2.73 bits per heavy atom. The van der Waals surface area contributed by atoms with Crippen molar-refractivity contribution in [1.29, 1.82) is 5.26 Å². The number of rotatable bonds is 3. The highest BCUT2D eigenvalue weighted by Gasteiger charge is 2.39. The molecule has 0 radical (unpaired) electrons. The molecule has 1 aliphatic heterocycles. The first-order valence-electron chi connectivity index (χ1n) is 4.88. The number of carboxylic acids is 1. The van der Waals surface area contributed by atoms with Gasteiger partial charge in [0.05, 0.1) is 11.5 Å². The Bertz CT molecular complexity index is 308.